The summed E-state index contributed by atoms with van der Waals surface area (Å²) in [6, 6.07) is 96.2. The van der Waals surface area contributed by atoms with Crippen molar-refractivity contribution >= 4 is 101 Å². The summed E-state index contributed by atoms with van der Waals surface area (Å²) in [5, 5.41) is 16.2. The van der Waals surface area contributed by atoms with Crippen LogP contribution < -0.4 is 41.5 Å². The zero-order valence-corrected chi connectivity index (χ0v) is 37.1. The molecule has 13 rings (SSSR count). The van der Waals surface area contributed by atoms with E-state index in [0.29, 0.717) is 0 Å². The van der Waals surface area contributed by atoms with Crippen LogP contribution in [0.3, 0.4) is 0 Å². The highest BCUT2D eigenvalue weighted by atomic mass is 28.3. The van der Waals surface area contributed by atoms with E-state index in [9.17, 15) is 0 Å². The van der Waals surface area contributed by atoms with Gasteiger partial charge in [0.15, 0.2) is 16.1 Å². The second-order valence-corrected chi connectivity index (χ2v) is 24.7. The van der Waals surface area contributed by atoms with E-state index >= 15 is 0 Å². The number of hydrogen-bond acceptors (Lipinski definition) is 0. The van der Waals surface area contributed by atoms with Gasteiger partial charge in [-0.05, 0) is 77.9 Å². The monoisotopic (exact) mass is 846 g/mol. The predicted molar refractivity (Wildman–Crippen MR) is 276 cm³/mol. The molecule has 0 atom stereocenters. The first-order chi connectivity index (χ1) is 31.8. The molecule has 0 unspecified atom stereocenters. The molecule has 2 nitrogen and oxygen atoms in total. The first-order valence-electron chi connectivity index (χ1n) is 22.3. The Morgan fingerprint density at radius 3 is 1.44 bits per heavy atom. The van der Waals surface area contributed by atoms with Crippen LogP contribution in [0.2, 0.25) is 0 Å². The van der Waals surface area contributed by atoms with Gasteiger partial charge in [-0.15, -0.1) is 0 Å². The topological polar surface area (TPSA) is 9.86 Å². The summed E-state index contributed by atoms with van der Waals surface area (Å²) in [5.74, 6) is 0. The smallest absolute Gasteiger partial charge is 0.184 e. The lowest BCUT2D eigenvalue weighted by atomic mass is 10.1. The van der Waals surface area contributed by atoms with Crippen LogP contribution in [0, 0.1) is 0 Å². The summed E-state index contributed by atoms with van der Waals surface area (Å²) >= 11 is 0. The van der Waals surface area contributed by atoms with Gasteiger partial charge in [0.2, 0.25) is 0 Å². The summed E-state index contributed by atoms with van der Waals surface area (Å²) < 4.78 is 5.10. The first-order valence-corrected chi connectivity index (χ1v) is 26.3. The van der Waals surface area contributed by atoms with E-state index in [1.54, 1.807) is 0 Å². The lowest BCUT2D eigenvalue weighted by Gasteiger charge is -2.39. The van der Waals surface area contributed by atoms with Gasteiger partial charge in [-0.3, -0.25) is 0 Å². The zero-order chi connectivity index (χ0) is 42.2. The Kier molecular flexibility index (Phi) is 8.29. The molecule has 0 radical (unpaired) electrons. The van der Waals surface area contributed by atoms with Gasteiger partial charge in [0.25, 0.3) is 0 Å². The minimum Gasteiger partial charge on any atom is -0.309 e. The third-order valence-electron chi connectivity index (χ3n) is 14.1. The maximum absolute atomic E-state index is 2.79. The van der Waals surface area contributed by atoms with E-state index in [1.165, 1.54) is 90.8 Å². The Labute approximate surface area is 374 Å². The first kappa shape index (κ1) is 36.8. The van der Waals surface area contributed by atoms with Gasteiger partial charge in [0.1, 0.15) is 0 Å². The molecule has 3 heterocycles. The molecule has 0 bridgehead atoms. The fourth-order valence-electron chi connectivity index (χ4n) is 11.6. The van der Waals surface area contributed by atoms with Crippen molar-refractivity contribution in [1.82, 2.24) is 9.13 Å². The molecule has 1 aliphatic rings. The van der Waals surface area contributed by atoms with Crippen LogP contribution in [0.4, 0.5) is 0 Å². The van der Waals surface area contributed by atoms with Crippen molar-refractivity contribution in [2.45, 2.75) is 0 Å². The van der Waals surface area contributed by atoms with Gasteiger partial charge in [0.05, 0.1) is 22.1 Å². The van der Waals surface area contributed by atoms with Crippen LogP contribution in [0.25, 0.3) is 55.0 Å². The van der Waals surface area contributed by atoms with E-state index < -0.39 is 16.1 Å². The van der Waals surface area contributed by atoms with Crippen LogP contribution in [-0.2, 0) is 0 Å². The molecule has 4 heteroatoms. The Bertz CT molecular complexity index is 3570. The maximum Gasteiger partial charge on any atom is 0.184 e. The van der Waals surface area contributed by atoms with Crippen molar-refractivity contribution < 1.29 is 0 Å². The highest BCUT2D eigenvalue weighted by Gasteiger charge is 2.47. The SMILES string of the molecule is c1ccc([Si](c2ccccc2)(c2ccccc2)c2ccc3c4ccccc4n(-c4ccc5c(c4)c4cccc6c4n5-c4ccccc4[Si]6(c4ccccc4)c4ccccc4)c3c2)cc1. The highest BCUT2D eigenvalue weighted by Crippen LogP contribution is 2.38. The van der Waals surface area contributed by atoms with Crippen molar-refractivity contribution in [1.29, 1.82) is 0 Å². The van der Waals surface area contributed by atoms with E-state index in [4.69, 9.17) is 0 Å². The number of rotatable bonds is 7. The van der Waals surface area contributed by atoms with E-state index in [2.05, 4.69) is 264 Å². The molecule has 12 aromatic rings. The Balaban J connectivity index is 1.11. The highest BCUT2D eigenvalue weighted by molar-refractivity contribution is 7.21. The second-order valence-electron chi connectivity index (χ2n) is 17.2. The number of hydrogen-bond donors (Lipinski definition) is 0. The number of fused-ring (bicyclic) bond motifs is 8. The molecule has 64 heavy (non-hydrogen) atoms. The Morgan fingerprint density at radius 2 is 0.797 bits per heavy atom. The third kappa shape index (κ3) is 5.06. The minimum atomic E-state index is -2.79. The van der Waals surface area contributed by atoms with Gasteiger partial charge < -0.3 is 9.13 Å². The average molecular weight is 847 g/mol. The Morgan fingerprint density at radius 1 is 0.297 bits per heavy atom. The molecular formula is C60H42N2Si2. The fourth-order valence-corrected chi connectivity index (χ4v) is 21.5. The molecule has 0 aliphatic carbocycles. The predicted octanol–water partition coefficient (Wildman–Crippen LogP) is 8.95. The summed E-state index contributed by atoms with van der Waals surface area (Å²) in [4.78, 5) is 0. The van der Waals surface area contributed by atoms with Gasteiger partial charge in [-0.25, -0.2) is 0 Å². The summed E-state index contributed by atoms with van der Waals surface area (Å²) in [6.07, 6.45) is 0. The van der Waals surface area contributed by atoms with E-state index in [0.717, 1.165) is 5.69 Å². The zero-order valence-electron chi connectivity index (χ0n) is 35.1. The molecule has 10 aromatic carbocycles. The maximum atomic E-state index is 2.57. The lowest BCUT2D eigenvalue weighted by molar-refractivity contribution is 1.17. The molecule has 0 saturated carbocycles. The summed E-state index contributed by atoms with van der Waals surface area (Å²) in [5.41, 5.74) is 7.41. The standard InChI is InChI=1S/C60H42N2Si2/c1-6-21-44(22-7-1)63(45-23-8-2-9-24-45,46-25-10-3-11-26-46)49-38-39-51-50-31-16-17-33-54(50)61(57(51)42-49)43-37-40-55-53(41-43)52-32-20-36-59-60(52)62(55)56-34-18-19-35-58(56)64(59,47-27-12-4-13-28-47)48-29-14-5-15-30-48/h1-42H. The molecule has 0 amide bonds. The van der Waals surface area contributed by atoms with Gasteiger partial charge >= 0.3 is 0 Å². The molecule has 0 fully saturated rings. The number of aromatic nitrogens is 2. The molecule has 0 saturated heterocycles. The lowest BCUT2D eigenvalue weighted by Crippen LogP contribution is -2.76. The molecule has 2 aromatic heterocycles. The van der Waals surface area contributed by atoms with Crippen molar-refractivity contribution in [3.05, 3.63) is 255 Å². The molecular weight excluding hydrogens is 805 g/mol. The van der Waals surface area contributed by atoms with Crippen molar-refractivity contribution in [2.75, 3.05) is 0 Å². The third-order valence-corrected chi connectivity index (χ3v) is 23.7. The number of nitrogens with zero attached hydrogens (tertiary/aromatic N) is 2. The van der Waals surface area contributed by atoms with Crippen molar-refractivity contribution in [3.63, 3.8) is 0 Å². The van der Waals surface area contributed by atoms with E-state index in [-0.39, 0.29) is 0 Å². The molecule has 0 N–H and O–H groups in total. The van der Waals surface area contributed by atoms with Crippen LogP contribution in [0.1, 0.15) is 0 Å². The quantitative estimate of drug-likeness (QED) is 0.112. The van der Waals surface area contributed by atoms with Gasteiger partial charge in [-0.2, -0.15) is 0 Å². The van der Waals surface area contributed by atoms with Crippen LogP contribution >= 0.6 is 0 Å². The van der Waals surface area contributed by atoms with Crippen LogP contribution in [-0.4, -0.2) is 25.3 Å². The summed E-state index contributed by atoms with van der Waals surface area (Å²) in [6.45, 7) is 0. The van der Waals surface area contributed by atoms with Crippen molar-refractivity contribution in [2.24, 2.45) is 0 Å². The number of para-hydroxylation sites is 3. The van der Waals surface area contributed by atoms with E-state index in [1.807, 2.05) is 0 Å². The normalized spacial score (nSPS) is 13.1. The fraction of sp³-hybridized carbons (Fsp3) is 0. The van der Waals surface area contributed by atoms with Crippen molar-refractivity contribution in [3.8, 4) is 11.4 Å². The Hall–Kier alpha value is -7.77. The summed E-state index contributed by atoms with van der Waals surface area (Å²) in [7, 11) is -5.53. The van der Waals surface area contributed by atoms with Gasteiger partial charge in [0, 0.05) is 32.9 Å². The molecule has 1 aliphatic heterocycles. The van der Waals surface area contributed by atoms with Gasteiger partial charge in [-0.1, -0.05) is 218 Å². The largest absolute Gasteiger partial charge is 0.309 e. The second kappa shape index (κ2) is 14.4. The van der Waals surface area contributed by atoms with Crippen LogP contribution in [0.15, 0.2) is 255 Å². The van der Waals surface area contributed by atoms with Crippen LogP contribution in [0.5, 0.6) is 0 Å². The molecule has 0 spiro atoms. The molecule has 300 valence electrons. The number of benzene rings is 10. The average Bonchev–Trinajstić information content (AvgIpc) is 3.89. The minimum absolute atomic E-state index is 1.16.